The number of carbonyl (C=O) groups excluding carboxylic acids is 1. The second-order valence-electron chi connectivity index (χ2n) is 3.91. The second-order valence-corrected chi connectivity index (χ2v) is 3.91. The summed E-state index contributed by atoms with van der Waals surface area (Å²) in [6, 6.07) is 9.82. The first-order valence-electron chi connectivity index (χ1n) is 5.76. The van der Waals surface area contributed by atoms with Crippen LogP contribution < -0.4 is 0 Å². The highest BCUT2D eigenvalue weighted by Gasteiger charge is 2.32. The molecule has 0 aromatic heterocycles. The van der Waals surface area contributed by atoms with Gasteiger partial charge in [0, 0.05) is 0 Å². The molecule has 18 heavy (non-hydrogen) atoms. The topological polar surface area (TPSA) is 54.0 Å². The maximum Gasteiger partial charge on any atom is 0.337 e. The molecule has 1 aromatic carbocycles. The number of methoxy groups -OCH3 is 1. The summed E-state index contributed by atoms with van der Waals surface area (Å²) in [5, 5.41) is 0. The molecular formula is C13H16O5. The van der Waals surface area contributed by atoms with Crippen LogP contribution in [0.3, 0.4) is 0 Å². The molecule has 1 aliphatic rings. The Bertz CT molecular complexity index is 378. The predicted octanol–water partition coefficient (Wildman–Crippen LogP) is 1.12. The third-order valence-electron chi connectivity index (χ3n) is 2.58. The third-order valence-corrected chi connectivity index (χ3v) is 2.58. The van der Waals surface area contributed by atoms with Crippen molar-refractivity contribution in [2.24, 2.45) is 0 Å². The van der Waals surface area contributed by atoms with Crippen LogP contribution in [0.25, 0.3) is 0 Å². The number of hydrogen-bond acceptors (Lipinski definition) is 5. The van der Waals surface area contributed by atoms with Crippen molar-refractivity contribution in [3.63, 3.8) is 0 Å². The Morgan fingerprint density at radius 2 is 2.17 bits per heavy atom. The smallest absolute Gasteiger partial charge is 0.337 e. The van der Waals surface area contributed by atoms with E-state index in [4.69, 9.17) is 14.2 Å². The largest absolute Gasteiger partial charge is 0.467 e. The van der Waals surface area contributed by atoms with E-state index in [9.17, 15) is 4.79 Å². The van der Waals surface area contributed by atoms with Gasteiger partial charge in [-0.3, -0.25) is 0 Å². The van der Waals surface area contributed by atoms with Crippen molar-refractivity contribution in [2.75, 3.05) is 20.3 Å². The van der Waals surface area contributed by atoms with Gasteiger partial charge in [-0.1, -0.05) is 30.3 Å². The molecule has 0 amide bonds. The minimum absolute atomic E-state index is 0.214. The van der Waals surface area contributed by atoms with Crippen LogP contribution in [0.1, 0.15) is 5.56 Å². The lowest BCUT2D eigenvalue weighted by Gasteiger charge is -2.11. The van der Waals surface area contributed by atoms with Crippen molar-refractivity contribution < 1.29 is 23.7 Å². The van der Waals surface area contributed by atoms with Crippen LogP contribution in [0.5, 0.6) is 0 Å². The van der Waals surface area contributed by atoms with Crippen molar-refractivity contribution in [1.82, 2.24) is 0 Å². The molecule has 0 bridgehead atoms. The monoisotopic (exact) mass is 252 g/mol. The lowest BCUT2D eigenvalue weighted by Crippen LogP contribution is -2.25. The van der Waals surface area contributed by atoms with E-state index >= 15 is 0 Å². The lowest BCUT2D eigenvalue weighted by molar-refractivity contribution is -0.157. The number of benzene rings is 1. The maximum atomic E-state index is 11.2. The van der Waals surface area contributed by atoms with E-state index in [1.165, 1.54) is 7.11 Å². The SMILES string of the molecule is COC(=O)[C@@H]1CO[C@H](COCc2ccccc2)O1. The number of hydrogen-bond donors (Lipinski definition) is 0. The summed E-state index contributed by atoms with van der Waals surface area (Å²) in [5.41, 5.74) is 1.08. The van der Waals surface area contributed by atoms with Gasteiger partial charge in [0.1, 0.15) is 0 Å². The summed E-state index contributed by atoms with van der Waals surface area (Å²) >= 11 is 0. The van der Waals surface area contributed by atoms with E-state index in [0.717, 1.165) is 5.56 Å². The molecule has 0 spiro atoms. The average molecular weight is 252 g/mol. The van der Waals surface area contributed by atoms with Gasteiger partial charge in [-0.15, -0.1) is 0 Å². The molecule has 5 heteroatoms. The van der Waals surface area contributed by atoms with E-state index in [1.54, 1.807) is 0 Å². The molecule has 2 atom stereocenters. The van der Waals surface area contributed by atoms with Crippen molar-refractivity contribution in [3.05, 3.63) is 35.9 Å². The van der Waals surface area contributed by atoms with Crippen molar-refractivity contribution in [2.45, 2.75) is 19.0 Å². The summed E-state index contributed by atoms with van der Waals surface area (Å²) in [4.78, 5) is 11.2. The van der Waals surface area contributed by atoms with Crippen LogP contribution in [0.4, 0.5) is 0 Å². The zero-order valence-electron chi connectivity index (χ0n) is 10.2. The Balaban J connectivity index is 1.68. The maximum absolute atomic E-state index is 11.2. The van der Waals surface area contributed by atoms with E-state index in [1.807, 2.05) is 30.3 Å². The molecule has 0 aliphatic carbocycles. The summed E-state index contributed by atoms with van der Waals surface area (Å²) < 4.78 is 20.6. The molecular weight excluding hydrogens is 236 g/mol. The van der Waals surface area contributed by atoms with Crippen LogP contribution in [-0.2, 0) is 30.3 Å². The molecule has 0 N–H and O–H groups in total. The van der Waals surface area contributed by atoms with E-state index < -0.39 is 18.4 Å². The zero-order chi connectivity index (χ0) is 12.8. The molecule has 1 fully saturated rings. The molecule has 1 heterocycles. The van der Waals surface area contributed by atoms with Crippen LogP contribution >= 0.6 is 0 Å². The fourth-order valence-corrected chi connectivity index (χ4v) is 1.65. The molecule has 98 valence electrons. The first-order chi connectivity index (χ1) is 8.79. The van der Waals surface area contributed by atoms with E-state index in [-0.39, 0.29) is 6.61 Å². The Labute approximate surface area is 106 Å². The van der Waals surface area contributed by atoms with Crippen LogP contribution in [0.15, 0.2) is 30.3 Å². The quantitative estimate of drug-likeness (QED) is 0.735. The highest BCUT2D eigenvalue weighted by molar-refractivity contribution is 5.74. The molecule has 1 aromatic rings. The fourth-order valence-electron chi connectivity index (χ4n) is 1.65. The number of rotatable bonds is 5. The van der Waals surface area contributed by atoms with Gasteiger partial charge >= 0.3 is 5.97 Å². The van der Waals surface area contributed by atoms with Gasteiger partial charge < -0.3 is 18.9 Å². The Morgan fingerprint density at radius 3 is 2.89 bits per heavy atom. The number of carbonyl (C=O) groups is 1. The van der Waals surface area contributed by atoms with E-state index in [2.05, 4.69) is 4.74 Å². The molecule has 0 unspecified atom stereocenters. The fraction of sp³-hybridized carbons (Fsp3) is 0.462. The standard InChI is InChI=1S/C13H16O5/c1-15-13(14)11-8-17-12(18-11)9-16-7-10-5-3-2-4-6-10/h2-6,11-12H,7-9H2,1H3/t11-,12-/m0/s1. The number of esters is 1. The first-order valence-corrected chi connectivity index (χ1v) is 5.76. The summed E-state index contributed by atoms with van der Waals surface area (Å²) in [6.45, 7) is 1.00. The highest BCUT2D eigenvalue weighted by atomic mass is 16.7. The highest BCUT2D eigenvalue weighted by Crippen LogP contribution is 2.13. The first kappa shape index (κ1) is 13.0. The molecule has 2 rings (SSSR count). The predicted molar refractivity (Wildman–Crippen MR) is 62.7 cm³/mol. The summed E-state index contributed by atoms with van der Waals surface area (Å²) in [6.07, 6.45) is -1.14. The Morgan fingerprint density at radius 1 is 1.39 bits per heavy atom. The van der Waals surface area contributed by atoms with Crippen molar-refractivity contribution >= 4 is 5.97 Å². The molecule has 0 saturated carbocycles. The van der Waals surface area contributed by atoms with Gasteiger partial charge in [-0.05, 0) is 5.56 Å². The molecule has 0 radical (unpaired) electrons. The van der Waals surface area contributed by atoms with Gasteiger partial charge in [0.25, 0.3) is 0 Å². The normalized spacial score (nSPS) is 22.9. The lowest BCUT2D eigenvalue weighted by atomic mass is 10.2. The van der Waals surface area contributed by atoms with Crippen molar-refractivity contribution in [3.8, 4) is 0 Å². The minimum Gasteiger partial charge on any atom is -0.467 e. The van der Waals surface area contributed by atoms with Gasteiger partial charge in [-0.2, -0.15) is 0 Å². The zero-order valence-corrected chi connectivity index (χ0v) is 10.2. The van der Waals surface area contributed by atoms with Gasteiger partial charge in [0.15, 0.2) is 12.4 Å². The number of ether oxygens (including phenoxy) is 4. The Kier molecular flexibility index (Phi) is 4.69. The summed E-state index contributed by atoms with van der Waals surface area (Å²) in [5.74, 6) is -0.416. The van der Waals surface area contributed by atoms with E-state index in [0.29, 0.717) is 13.2 Å². The second kappa shape index (κ2) is 6.49. The van der Waals surface area contributed by atoms with Gasteiger partial charge in [-0.25, -0.2) is 4.79 Å². The molecule has 1 aliphatic heterocycles. The van der Waals surface area contributed by atoms with Crippen molar-refractivity contribution in [1.29, 1.82) is 0 Å². The van der Waals surface area contributed by atoms with Gasteiger partial charge in [0.05, 0.1) is 26.9 Å². The third kappa shape index (κ3) is 3.53. The molecule has 5 nitrogen and oxygen atoms in total. The Hall–Kier alpha value is -1.43. The van der Waals surface area contributed by atoms with Gasteiger partial charge in [0.2, 0.25) is 0 Å². The van der Waals surface area contributed by atoms with Crippen LogP contribution in [-0.4, -0.2) is 38.7 Å². The minimum atomic E-state index is -0.639. The molecule has 1 saturated heterocycles. The average Bonchev–Trinajstić information content (AvgIpc) is 2.88. The summed E-state index contributed by atoms with van der Waals surface area (Å²) in [7, 11) is 1.32. The van der Waals surface area contributed by atoms with Crippen LogP contribution in [0, 0.1) is 0 Å². The van der Waals surface area contributed by atoms with Crippen LogP contribution in [0.2, 0.25) is 0 Å².